The SMILES string of the molecule is [C-]#[N+]c1ccc2c(c1)-n1c3ccccc3c3ccc4c(c31)B2c1cccc2c3ccccc3n-4c12. The highest BCUT2D eigenvalue weighted by Crippen LogP contribution is 2.39. The van der Waals surface area contributed by atoms with Crippen LogP contribution in [0.15, 0.2) is 97.1 Å². The van der Waals surface area contributed by atoms with E-state index in [2.05, 4.69) is 105 Å². The van der Waals surface area contributed by atoms with Crippen LogP contribution in [0.3, 0.4) is 0 Å². The molecule has 158 valence electrons. The lowest BCUT2D eigenvalue weighted by molar-refractivity contribution is 1.16. The van der Waals surface area contributed by atoms with E-state index in [9.17, 15) is 0 Å². The molecule has 9 rings (SSSR count). The maximum absolute atomic E-state index is 7.68. The summed E-state index contributed by atoms with van der Waals surface area (Å²) in [6.45, 7) is 7.81. The highest BCUT2D eigenvalue weighted by Gasteiger charge is 2.40. The molecule has 7 aromatic rings. The molecule has 0 N–H and O–H groups in total. The first-order valence-electron chi connectivity index (χ1n) is 12.0. The zero-order chi connectivity index (χ0) is 22.8. The summed E-state index contributed by atoms with van der Waals surface area (Å²) in [5.74, 6) is 0. The fourth-order valence-corrected chi connectivity index (χ4v) is 6.85. The molecule has 4 heterocycles. The molecule has 35 heavy (non-hydrogen) atoms. The summed E-state index contributed by atoms with van der Waals surface area (Å²) in [7, 11) is 0. The van der Waals surface area contributed by atoms with E-state index in [1.54, 1.807) is 0 Å². The molecule has 2 aliphatic heterocycles. The van der Waals surface area contributed by atoms with Crippen LogP contribution in [0.5, 0.6) is 0 Å². The Hall–Kier alpha value is -4.75. The van der Waals surface area contributed by atoms with Crippen molar-refractivity contribution in [2.24, 2.45) is 0 Å². The van der Waals surface area contributed by atoms with Gasteiger partial charge >= 0.3 is 0 Å². The predicted octanol–water partition coefficient (Wildman–Crippen LogP) is 5.57. The molecule has 0 aliphatic carbocycles. The minimum atomic E-state index is 0.126. The normalized spacial score (nSPS) is 13.1. The Morgan fingerprint density at radius 1 is 0.571 bits per heavy atom. The van der Waals surface area contributed by atoms with Crippen LogP contribution in [0.2, 0.25) is 0 Å². The van der Waals surface area contributed by atoms with Crippen LogP contribution in [-0.4, -0.2) is 15.8 Å². The van der Waals surface area contributed by atoms with Crippen LogP contribution < -0.4 is 16.4 Å². The van der Waals surface area contributed by atoms with Gasteiger partial charge in [0.2, 0.25) is 0 Å². The molecule has 0 amide bonds. The first-order valence-corrected chi connectivity index (χ1v) is 12.0. The third-order valence-electron chi connectivity index (χ3n) is 8.11. The number of benzene rings is 5. The fourth-order valence-electron chi connectivity index (χ4n) is 6.85. The quantitative estimate of drug-likeness (QED) is 0.216. The molecule has 0 radical (unpaired) electrons. The maximum atomic E-state index is 7.68. The van der Waals surface area contributed by atoms with Crippen LogP contribution >= 0.6 is 0 Å². The Morgan fingerprint density at radius 2 is 1.26 bits per heavy atom. The van der Waals surface area contributed by atoms with Crippen molar-refractivity contribution >= 4 is 72.4 Å². The van der Waals surface area contributed by atoms with Gasteiger partial charge in [-0.25, -0.2) is 4.85 Å². The molecule has 2 aliphatic rings. The van der Waals surface area contributed by atoms with Gasteiger partial charge in [-0.05, 0) is 40.7 Å². The third-order valence-corrected chi connectivity index (χ3v) is 8.11. The van der Waals surface area contributed by atoms with Gasteiger partial charge in [-0.1, -0.05) is 72.8 Å². The van der Waals surface area contributed by atoms with Crippen molar-refractivity contribution in [3.05, 3.63) is 108 Å². The maximum Gasteiger partial charge on any atom is 0.252 e. The van der Waals surface area contributed by atoms with Crippen LogP contribution in [0.25, 0.3) is 59.8 Å². The lowest BCUT2D eigenvalue weighted by Crippen LogP contribution is -2.59. The highest BCUT2D eigenvalue weighted by molar-refractivity contribution is 7.00. The summed E-state index contributed by atoms with van der Waals surface area (Å²) in [5, 5.41) is 5.12. The zero-order valence-electron chi connectivity index (χ0n) is 18.7. The first-order chi connectivity index (χ1) is 17.3. The second kappa shape index (κ2) is 5.84. The minimum Gasteiger partial charge on any atom is -0.311 e. The van der Waals surface area contributed by atoms with Crippen molar-refractivity contribution in [2.45, 2.75) is 0 Å². The number of rotatable bonds is 0. The van der Waals surface area contributed by atoms with Crippen molar-refractivity contribution in [1.29, 1.82) is 0 Å². The largest absolute Gasteiger partial charge is 0.311 e. The molecule has 2 aromatic heterocycles. The van der Waals surface area contributed by atoms with E-state index in [0.29, 0.717) is 5.69 Å². The van der Waals surface area contributed by atoms with Crippen molar-refractivity contribution in [1.82, 2.24) is 9.13 Å². The van der Waals surface area contributed by atoms with Gasteiger partial charge in [-0.2, -0.15) is 0 Å². The van der Waals surface area contributed by atoms with Gasteiger partial charge in [0.1, 0.15) is 0 Å². The number of aromatic nitrogens is 2. The highest BCUT2D eigenvalue weighted by atomic mass is 15.0. The fraction of sp³-hybridized carbons (Fsp3) is 0. The molecule has 4 heteroatoms. The lowest BCUT2D eigenvalue weighted by atomic mass is 9.34. The van der Waals surface area contributed by atoms with Gasteiger partial charge in [-0.3, -0.25) is 0 Å². The third kappa shape index (κ3) is 1.89. The first kappa shape index (κ1) is 17.7. The summed E-state index contributed by atoms with van der Waals surface area (Å²) in [5.41, 5.74) is 12.0. The van der Waals surface area contributed by atoms with Crippen molar-refractivity contribution in [3.63, 3.8) is 0 Å². The van der Waals surface area contributed by atoms with Gasteiger partial charge in [-0.15, -0.1) is 0 Å². The Kier molecular flexibility index (Phi) is 2.95. The van der Waals surface area contributed by atoms with E-state index in [4.69, 9.17) is 6.57 Å². The van der Waals surface area contributed by atoms with E-state index < -0.39 is 0 Å². The van der Waals surface area contributed by atoms with Crippen LogP contribution in [-0.2, 0) is 0 Å². The predicted molar refractivity (Wildman–Crippen MR) is 146 cm³/mol. The molecule has 0 saturated heterocycles. The van der Waals surface area contributed by atoms with Gasteiger partial charge in [0.25, 0.3) is 6.71 Å². The molecular weight excluding hydrogens is 425 g/mol. The number of nitrogens with zero attached hydrogens (tertiary/aromatic N) is 3. The zero-order valence-corrected chi connectivity index (χ0v) is 18.7. The molecule has 0 unspecified atom stereocenters. The summed E-state index contributed by atoms with van der Waals surface area (Å²) in [6, 6.07) is 35.0. The molecule has 0 bridgehead atoms. The second-order valence-electron chi connectivity index (χ2n) is 9.63. The Morgan fingerprint density at radius 3 is 2.03 bits per heavy atom. The van der Waals surface area contributed by atoms with E-state index in [1.165, 1.54) is 65.7 Å². The summed E-state index contributed by atoms with van der Waals surface area (Å²) in [4.78, 5) is 3.78. The number of fused-ring (bicyclic) bond motifs is 11. The smallest absolute Gasteiger partial charge is 0.252 e. The summed E-state index contributed by atoms with van der Waals surface area (Å²) >= 11 is 0. The second-order valence-corrected chi connectivity index (χ2v) is 9.63. The molecular formula is C31H16BN3. The molecule has 5 aromatic carbocycles. The van der Waals surface area contributed by atoms with E-state index >= 15 is 0 Å². The average molecular weight is 441 g/mol. The van der Waals surface area contributed by atoms with E-state index in [1.807, 2.05) is 6.07 Å². The van der Waals surface area contributed by atoms with Gasteiger partial charge in [0.05, 0.1) is 23.1 Å². The Balaban J connectivity index is 1.60. The average Bonchev–Trinajstić information content (AvgIpc) is 3.44. The van der Waals surface area contributed by atoms with Crippen LogP contribution in [0.1, 0.15) is 0 Å². The van der Waals surface area contributed by atoms with E-state index in [-0.39, 0.29) is 6.71 Å². The monoisotopic (exact) mass is 441 g/mol. The Bertz CT molecular complexity index is 2140. The number of hydrogen-bond acceptors (Lipinski definition) is 0. The molecule has 0 atom stereocenters. The number of hydrogen-bond donors (Lipinski definition) is 0. The Labute approximate surface area is 201 Å². The van der Waals surface area contributed by atoms with Crippen LogP contribution in [0.4, 0.5) is 5.69 Å². The van der Waals surface area contributed by atoms with Crippen molar-refractivity contribution < 1.29 is 0 Å². The molecule has 3 nitrogen and oxygen atoms in total. The standard InChI is InChI=1S/C31H16BN3/c1-33-18-13-15-23-28(17-18)35-26-12-5-3-8-20(26)22-14-16-27-29(31(22)35)32(23)24-10-6-9-21-19-7-2-4-11-25(19)34(27)30(21)24/h2-17H. The van der Waals surface area contributed by atoms with Crippen LogP contribution in [0, 0.1) is 6.57 Å². The minimum absolute atomic E-state index is 0.126. The summed E-state index contributed by atoms with van der Waals surface area (Å²) < 4.78 is 4.88. The van der Waals surface area contributed by atoms with Crippen molar-refractivity contribution in [2.75, 3.05) is 0 Å². The van der Waals surface area contributed by atoms with Crippen molar-refractivity contribution in [3.8, 4) is 11.4 Å². The van der Waals surface area contributed by atoms with E-state index in [0.717, 1.165) is 5.69 Å². The van der Waals surface area contributed by atoms with Gasteiger partial charge < -0.3 is 9.13 Å². The summed E-state index contributed by atoms with van der Waals surface area (Å²) in [6.07, 6.45) is 0. The molecule has 0 spiro atoms. The van der Waals surface area contributed by atoms with Gasteiger partial charge in [0, 0.05) is 38.4 Å². The number of para-hydroxylation sites is 3. The lowest BCUT2D eigenvalue weighted by Gasteiger charge is -2.33. The van der Waals surface area contributed by atoms with Gasteiger partial charge in [0.15, 0.2) is 5.69 Å². The molecule has 0 saturated carbocycles. The topological polar surface area (TPSA) is 14.2 Å². The molecule has 0 fully saturated rings.